The first-order chi connectivity index (χ1) is 97.2. The van der Waals surface area contributed by atoms with Crippen molar-refractivity contribution in [3.05, 3.63) is 354 Å². The standard InChI is InChI=1S/C38H44NO.C36H40NO.C34H36NO.C32H32NO/c1-22(2)19-38(20-23(3)4)31-13-11-10-12-29(31)35-32(38)17-16-28-27-15-14-25(7)34(36(27)40-37(28)35)33-18-26(8)30(24(5)6)21-39(33)9;1-20(2)28-19-37(9)31(18-24(28)8)32-23(7)14-15-25-26-16-17-30-33(35(26)38-34(25)32)27-12-10-11-13-29(27)36(30,21(3)4)22(5)6;1-8-34(9-2)27-13-11-10-12-25(27)31-28(34)17-16-24-23-15-14-21(5)30(32(23)36-33(24)31)29-18-22(6)26(20(3)4)19-35(29)7;1-18(2)24-17-33(7)27(16-20(24)4)28-19(3)12-13-21-22-14-15-26-29(31(22)34-30(21)28)23-10-8-9-11-25(23)32(26,5)6/h10-18,21-24H,19-20H2,1-9H3;10-22H,1-9H3;10-20H,8-9H2,1-7H3;8-18H,1-7H3/q4*+1/i1D3,2D3,3D3,4D3,5D3,8D3,19D2,22D,23D,24D;1D3,3D3,4D3,5D3,8D3,20D,21D,22D;1D3,2D3,3D3,6D3,20D;1D3,4D3,5D3,6D3,18D. The van der Waals surface area contributed by atoms with Gasteiger partial charge in [-0.25, -0.2) is 18.3 Å². The van der Waals surface area contributed by atoms with Crippen LogP contribution in [0.15, 0.2) is 261 Å². The van der Waals surface area contributed by atoms with Gasteiger partial charge in [-0.2, -0.15) is 0 Å². The maximum atomic E-state index is 9.75. The van der Waals surface area contributed by atoms with E-state index in [1.165, 1.54) is 152 Å². The lowest BCUT2D eigenvalue weighted by Crippen LogP contribution is -2.37. The number of hydrogen-bond donors (Lipinski definition) is 0. The molecule has 0 saturated heterocycles. The number of fused-ring (bicyclic) bond motifs is 28. The number of hydrogen-bond acceptors (Lipinski definition) is 4. The second-order valence-electron chi connectivity index (χ2n) is 39.5. The molecular weight excluding hydrogens is 1800 g/mol. The zero-order chi connectivity index (χ0) is 162. The average molecular weight is 2020 g/mol. The summed E-state index contributed by atoms with van der Waals surface area (Å²) < 4.78 is 598. The second-order valence-corrected chi connectivity index (χ2v) is 39.5. The van der Waals surface area contributed by atoms with Crippen LogP contribution in [0.5, 0.6) is 0 Å². The number of aryl methyl sites for hydroxylation is 12. The van der Waals surface area contributed by atoms with E-state index in [0.29, 0.717) is 149 Å². The molecule has 12 aromatic carbocycles. The van der Waals surface area contributed by atoms with Gasteiger partial charge in [0.05, 0.1) is 22.3 Å². The molecule has 20 aromatic rings. The fourth-order valence-corrected chi connectivity index (χ4v) is 23.5. The summed E-state index contributed by atoms with van der Waals surface area (Å²) >= 11 is 0. The van der Waals surface area contributed by atoms with Crippen LogP contribution in [0.2, 0.25) is 0 Å². The van der Waals surface area contributed by atoms with Gasteiger partial charge in [0, 0.05) is 225 Å². The van der Waals surface area contributed by atoms with Crippen LogP contribution in [0.1, 0.15) is 390 Å². The van der Waals surface area contributed by atoms with E-state index >= 15 is 0 Å². The van der Waals surface area contributed by atoms with Crippen LogP contribution in [-0.4, -0.2) is 0 Å². The Labute approximate surface area is 972 Å². The minimum atomic E-state index is -4.09. The molecule has 0 fully saturated rings. The summed E-state index contributed by atoms with van der Waals surface area (Å²) in [6.45, 7) is -46.8. The van der Waals surface area contributed by atoms with Crippen molar-refractivity contribution in [3.63, 3.8) is 0 Å². The van der Waals surface area contributed by atoms with E-state index in [2.05, 4.69) is 0 Å². The molecule has 4 aliphatic rings. The molecule has 8 heterocycles. The SMILES string of the molecule is [2H]C([2H])([2H])CC1(CC([2H])([2H])[2H])c2ccccc2-c2c1ccc1c2oc2c(-c3cc(C([2H])([2H])[2H])c(C([2H])(C)C([2H])([2H])[2H])c[n+]3C)c(C)ccc21.[2H]C([2H])([2H])c1cc(-c2c(C)ccc3c2oc2c4c(ccc23)C(C([2H])(C)C([2H])([2H])[2H])(C([2H])(C([2H])([2H])[2H])C([2H])([2H])[2H])c2ccccc2-4)[n+](C)cc1C([2H])(C)C([2H])([2H])[2H].[2H]C([2H])([2H])c1cc(-c2c(C)ccc3c2oc2c4c(ccc23)C(C([2H])([2H])[2H])(C([2H])([2H])[2H])c2ccccc2-4)[n+](C)cc1C([2H])(C)C([2H])([2H])[2H].[2H]C([2H])([2H])c1cc(-c2c(C)ccc3c2oc2c4c(ccc23)C(CC([2H])(C([2H])([2H])[2H])C([2H])([2H])[2H])(C([2H])([2H])C([2H])(C([2H])([2H])[2H])C([2H])([2H])[2H])c2ccccc2-4)[n+](C)cc1C([2H])(C)C([2H])([2H])[2H]. The van der Waals surface area contributed by atoms with Gasteiger partial charge >= 0.3 is 0 Å². The van der Waals surface area contributed by atoms with Gasteiger partial charge in [-0.05, 0) is 239 Å². The average Bonchev–Trinajstić information content (AvgIpc) is 1.48. The van der Waals surface area contributed by atoms with Crippen LogP contribution < -0.4 is 18.3 Å². The lowest BCUT2D eigenvalue weighted by Gasteiger charge is -2.40. The molecule has 752 valence electrons. The van der Waals surface area contributed by atoms with Crippen molar-refractivity contribution in [1.29, 1.82) is 0 Å². The van der Waals surface area contributed by atoms with Gasteiger partial charge in [0.25, 0.3) is 0 Å². The Morgan fingerprint density at radius 3 is 0.912 bits per heavy atom. The molecule has 148 heavy (non-hydrogen) atoms. The van der Waals surface area contributed by atoms with Crippen molar-refractivity contribution >= 4 is 87.8 Å². The molecule has 0 radical (unpaired) electrons. The van der Waals surface area contributed by atoms with Crippen molar-refractivity contribution in [2.24, 2.45) is 51.8 Å². The largest absolute Gasteiger partial charge is 0.454 e. The van der Waals surface area contributed by atoms with Crippen molar-refractivity contribution in [1.82, 2.24) is 0 Å². The Hall–Kier alpha value is -13.6. The van der Waals surface area contributed by atoms with Crippen LogP contribution in [0.3, 0.4) is 0 Å². The first kappa shape index (κ1) is 48.8. The van der Waals surface area contributed by atoms with E-state index in [0.717, 1.165) is 26.3 Å². The molecular formula is C140H152N4O4+4. The lowest BCUT2D eigenvalue weighted by atomic mass is 9.63. The Morgan fingerprint density at radius 1 is 0.284 bits per heavy atom. The van der Waals surface area contributed by atoms with E-state index in [4.69, 9.17) is 101 Å². The highest BCUT2D eigenvalue weighted by Crippen LogP contribution is 2.63. The van der Waals surface area contributed by atoms with E-state index in [9.17, 15) is 8.22 Å². The molecule has 0 spiro atoms. The first-order valence-electron chi connectivity index (χ1n) is 81.8. The van der Waals surface area contributed by atoms with Crippen molar-refractivity contribution in [2.45, 2.75) is 263 Å². The van der Waals surface area contributed by atoms with Gasteiger partial charge in [-0.1, -0.05) is 332 Å². The van der Waals surface area contributed by atoms with Crippen LogP contribution in [0, 0.1) is 78.7 Å². The molecule has 7 unspecified atom stereocenters. The highest BCUT2D eigenvalue weighted by atomic mass is 16.3. The molecule has 0 saturated carbocycles. The zero-order valence-corrected chi connectivity index (χ0v) is 83.6. The van der Waals surface area contributed by atoms with Crippen LogP contribution in [0.4, 0.5) is 0 Å². The third-order valence-electron chi connectivity index (χ3n) is 30.5. The Balaban J connectivity index is 0.000000157. The number of benzene rings is 12. The predicted octanol–water partition coefficient (Wildman–Crippen LogP) is 36.6. The molecule has 0 aliphatic heterocycles. The van der Waals surface area contributed by atoms with Gasteiger partial charge in [-0.15, -0.1) is 0 Å². The summed E-state index contributed by atoms with van der Waals surface area (Å²) in [6.07, 6.45) is -0.930. The van der Waals surface area contributed by atoms with E-state index in [1.807, 2.05) is 56.3 Å². The van der Waals surface area contributed by atoms with Crippen molar-refractivity contribution < 1.29 is 128 Å². The summed E-state index contributed by atoms with van der Waals surface area (Å²) in [5.74, 6) is -23.3. The highest BCUT2D eigenvalue weighted by Gasteiger charge is 2.51. The maximum absolute atomic E-state index is 9.75. The van der Waals surface area contributed by atoms with Gasteiger partial charge in [0.15, 0.2) is 24.8 Å². The third-order valence-corrected chi connectivity index (χ3v) is 30.5. The molecule has 0 amide bonds. The number of rotatable bonds is 16. The molecule has 4 aliphatic carbocycles. The number of nitrogens with zero attached hydrogens (tertiary/aromatic N) is 4. The van der Waals surface area contributed by atoms with Gasteiger partial charge in [0.2, 0.25) is 22.8 Å². The molecule has 0 N–H and O–H groups in total. The Bertz CT molecular complexity index is 11800. The quantitative estimate of drug-likeness (QED) is 0.0904. The molecule has 7 atom stereocenters. The molecule has 8 nitrogen and oxygen atoms in total. The van der Waals surface area contributed by atoms with E-state index in [-0.39, 0.29) is 141 Å². The number of aromatic nitrogens is 4. The van der Waals surface area contributed by atoms with Crippen LogP contribution >= 0.6 is 0 Å². The lowest BCUT2D eigenvalue weighted by molar-refractivity contribution is -0.661. The summed E-state index contributed by atoms with van der Waals surface area (Å²) in [6, 6.07) is 57.3. The Morgan fingerprint density at radius 2 is 0.574 bits per heavy atom. The summed E-state index contributed by atoms with van der Waals surface area (Å²) in [5, 5.41) is 4.28. The highest BCUT2D eigenvalue weighted by molar-refractivity contribution is 6.19. The Kier molecular flexibility index (Phi) is 12.3. The van der Waals surface area contributed by atoms with Gasteiger partial charge in [0.1, 0.15) is 72.9 Å². The fourth-order valence-electron chi connectivity index (χ4n) is 23.5. The smallest absolute Gasteiger partial charge is 0.216 e. The third kappa shape index (κ3) is 15.3. The number of pyridine rings is 4. The summed E-state index contributed by atoms with van der Waals surface area (Å²) in [4.78, 5) is 0. The second kappa shape index (κ2) is 37.3. The number of furan rings is 4. The monoisotopic (exact) mass is 2020 g/mol. The minimum absolute atomic E-state index is 0.0331. The summed E-state index contributed by atoms with van der Waals surface area (Å²) in [7, 11) is 6.38. The topological polar surface area (TPSA) is 68.1 Å². The minimum Gasteiger partial charge on any atom is -0.454 e. The molecule has 8 heteroatoms. The molecule has 0 bridgehead atoms. The molecule has 24 rings (SSSR count). The maximum Gasteiger partial charge on any atom is 0.216 e. The predicted molar refractivity (Wildman–Crippen MR) is 621 cm³/mol. The van der Waals surface area contributed by atoms with Crippen molar-refractivity contribution in [3.8, 4) is 89.5 Å². The van der Waals surface area contributed by atoms with E-state index < -0.39 is 217 Å². The van der Waals surface area contributed by atoms with E-state index in [1.54, 1.807) is 123 Å². The van der Waals surface area contributed by atoms with Gasteiger partial charge < -0.3 is 17.7 Å². The zero-order valence-electron chi connectivity index (χ0n) is 151. The normalized spacial score (nSPS) is 26.1. The fraction of sp³-hybridized carbons (Fsp3) is 0.343. The van der Waals surface area contributed by atoms with Gasteiger partial charge in [-0.3, -0.25) is 0 Å². The van der Waals surface area contributed by atoms with Crippen molar-refractivity contribution in [2.75, 3.05) is 0 Å². The summed E-state index contributed by atoms with van der Waals surface area (Å²) in [5.41, 5.74) is -1.14. The molecule has 8 aromatic heterocycles. The first-order valence-corrected chi connectivity index (χ1v) is 48.3. The van der Waals surface area contributed by atoms with Crippen LogP contribution in [0.25, 0.3) is 177 Å². The van der Waals surface area contributed by atoms with Crippen LogP contribution in [-0.2, 0) is 49.9 Å².